The molecule has 156 valence electrons. The Morgan fingerprint density at radius 2 is 1.77 bits per heavy atom. The van der Waals surface area contributed by atoms with Crippen molar-refractivity contribution in [3.8, 4) is 5.88 Å². The quantitative estimate of drug-likeness (QED) is 0.713. The molecule has 30 heavy (non-hydrogen) atoms. The molecule has 3 amide bonds. The van der Waals surface area contributed by atoms with Crippen LogP contribution in [-0.4, -0.2) is 33.7 Å². The van der Waals surface area contributed by atoms with Gasteiger partial charge in [0.05, 0.1) is 6.54 Å². The molecule has 2 aromatic rings. The van der Waals surface area contributed by atoms with E-state index in [9.17, 15) is 14.4 Å². The number of hydrogen-bond acceptors (Lipinski definition) is 5. The van der Waals surface area contributed by atoms with Crippen molar-refractivity contribution in [1.82, 2.24) is 15.2 Å². The largest absolute Gasteiger partial charge is 0.474 e. The summed E-state index contributed by atoms with van der Waals surface area (Å²) in [5.41, 5.74) is 2.18. The van der Waals surface area contributed by atoms with Crippen LogP contribution < -0.4 is 10.1 Å². The summed E-state index contributed by atoms with van der Waals surface area (Å²) >= 11 is 0. The van der Waals surface area contributed by atoms with Crippen molar-refractivity contribution in [1.29, 1.82) is 0 Å². The molecule has 0 unspecified atom stereocenters. The summed E-state index contributed by atoms with van der Waals surface area (Å²) in [4.78, 5) is 41.6. The van der Waals surface area contributed by atoms with Crippen LogP contribution in [0.4, 0.5) is 0 Å². The normalized spacial score (nSPS) is 16.9. The third-order valence-electron chi connectivity index (χ3n) is 5.58. The van der Waals surface area contributed by atoms with Gasteiger partial charge in [-0.2, -0.15) is 0 Å². The lowest BCUT2D eigenvalue weighted by molar-refractivity contribution is -0.139. The highest BCUT2D eigenvalue weighted by Gasteiger charge is 2.28. The Balaban J connectivity index is 1.34. The van der Waals surface area contributed by atoms with Crippen molar-refractivity contribution in [2.45, 2.75) is 57.7 Å². The number of pyridine rings is 1. The third kappa shape index (κ3) is 4.67. The van der Waals surface area contributed by atoms with Gasteiger partial charge in [-0.3, -0.25) is 19.3 Å². The van der Waals surface area contributed by atoms with Crippen molar-refractivity contribution in [2.24, 2.45) is 0 Å². The van der Waals surface area contributed by atoms with E-state index in [-0.39, 0.29) is 43.2 Å². The molecule has 4 rings (SSSR count). The minimum absolute atomic E-state index is 0.145. The zero-order valence-corrected chi connectivity index (χ0v) is 16.8. The molecule has 1 saturated heterocycles. The second-order valence-electron chi connectivity index (χ2n) is 7.75. The van der Waals surface area contributed by atoms with E-state index in [1.165, 1.54) is 17.7 Å². The second kappa shape index (κ2) is 9.07. The first kappa shape index (κ1) is 20.1. The SMILES string of the molecule is O=C(NCc1cccnc1OC1CCCC1)c1ccc(CN2C(=O)CCC2=O)cc1. The maximum atomic E-state index is 12.5. The Bertz CT molecular complexity index is 920. The summed E-state index contributed by atoms with van der Waals surface area (Å²) < 4.78 is 6.02. The van der Waals surface area contributed by atoms with E-state index in [0.717, 1.165) is 24.0 Å². The van der Waals surface area contributed by atoms with E-state index in [2.05, 4.69) is 10.3 Å². The predicted molar refractivity (Wildman–Crippen MR) is 110 cm³/mol. The van der Waals surface area contributed by atoms with Crippen LogP contribution >= 0.6 is 0 Å². The van der Waals surface area contributed by atoms with E-state index in [1.807, 2.05) is 12.1 Å². The van der Waals surface area contributed by atoms with E-state index in [1.54, 1.807) is 30.5 Å². The number of nitrogens with one attached hydrogen (secondary N) is 1. The topological polar surface area (TPSA) is 88.6 Å². The van der Waals surface area contributed by atoms with Gasteiger partial charge in [-0.1, -0.05) is 18.2 Å². The minimum Gasteiger partial charge on any atom is -0.474 e. The molecule has 1 aromatic heterocycles. The van der Waals surface area contributed by atoms with Gasteiger partial charge < -0.3 is 10.1 Å². The summed E-state index contributed by atoms with van der Waals surface area (Å²) in [6, 6.07) is 10.7. The maximum absolute atomic E-state index is 12.5. The summed E-state index contributed by atoms with van der Waals surface area (Å²) in [6.07, 6.45) is 6.91. The number of benzene rings is 1. The molecule has 1 aliphatic heterocycles. The lowest BCUT2D eigenvalue weighted by Crippen LogP contribution is -2.28. The van der Waals surface area contributed by atoms with Crippen LogP contribution in [0.25, 0.3) is 0 Å². The Hall–Kier alpha value is -3.22. The number of ether oxygens (including phenoxy) is 1. The van der Waals surface area contributed by atoms with Crippen LogP contribution in [-0.2, 0) is 22.7 Å². The first-order chi connectivity index (χ1) is 14.6. The molecule has 7 heteroatoms. The summed E-state index contributed by atoms with van der Waals surface area (Å²) in [5.74, 6) is 0.0911. The molecular formula is C23H25N3O4. The molecule has 2 heterocycles. The fourth-order valence-electron chi connectivity index (χ4n) is 3.85. The standard InChI is InChI=1S/C23H25N3O4/c27-20-11-12-21(28)26(20)15-16-7-9-17(10-8-16)22(29)25-14-18-4-3-13-24-23(18)30-19-5-1-2-6-19/h3-4,7-10,13,19H,1-2,5-6,11-12,14-15H2,(H,25,29). The highest BCUT2D eigenvalue weighted by molar-refractivity contribution is 6.01. The zero-order valence-electron chi connectivity index (χ0n) is 16.8. The fraction of sp³-hybridized carbons (Fsp3) is 0.391. The van der Waals surface area contributed by atoms with Gasteiger partial charge in [-0.15, -0.1) is 0 Å². The van der Waals surface area contributed by atoms with Crippen LogP contribution in [0.5, 0.6) is 5.88 Å². The fourth-order valence-corrected chi connectivity index (χ4v) is 3.85. The van der Waals surface area contributed by atoms with Crippen molar-refractivity contribution in [3.63, 3.8) is 0 Å². The number of aromatic nitrogens is 1. The highest BCUT2D eigenvalue weighted by Crippen LogP contribution is 2.25. The maximum Gasteiger partial charge on any atom is 0.251 e. The van der Waals surface area contributed by atoms with Gasteiger partial charge in [-0.25, -0.2) is 4.98 Å². The van der Waals surface area contributed by atoms with Gasteiger partial charge in [0.1, 0.15) is 6.10 Å². The van der Waals surface area contributed by atoms with E-state index in [4.69, 9.17) is 4.74 Å². The van der Waals surface area contributed by atoms with Crippen LogP contribution in [0.3, 0.4) is 0 Å². The number of likely N-dealkylation sites (tertiary alicyclic amines) is 1. The molecule has 2 aliphatic rings. The van der Waals surface area contributed by atoms with E-state index >= 15 is 0 Å². The van der Waals surface area contributed by atoms with Crippen molar-refractivity contribution in [3.05, 3.63) is 59.3 Å². The first-order valence-electron chi connectivity index (χ1n) is 10.4. The minimum atomic E-state index is -0.203. The van der Waals surface area contributed by atoms with Crippen LogP contribution in [0.15, 0.2) is 42.6 Å². The van der Waals surface area contributed by atoms with Crippen molar-refractivity contribution < 1.29 is 19.1 Å². The molecule has 0 atom stereocenters. The van der Waals surface area contributed by atoms with E-state index in [0.29, 0.717) is 18.0 Å². The number of amides is 3. The first-order valence-corrected chi connectivity index (χ1v) is 10.4. The Morgan fingerprint density at radius 1 is 1.07 bits per heavy atom. The molecule has 0 spiro atoms. The Kier molecular flexibility index (Phi) is 6.07. The van der Waals surface area contributed by atoms with Crippen LogP contribution in [0, 0.1) is 0 Å². The van der Waals surface area contributed by atoms with Gasteiger partial charge in [0.2, 0.25) is 17.7 Å². The van der Waals surface area contributed by atoms with Crippen LogP contribution in [0.1, 0.15) is 60.0 Å². The van der Waals surface area contributed by atoms with Gasteiger partial charge in [0.25, 0.3) is 5.91 Å². The van der Waals surface area contributed by atoms with Crippen molar-refractivity contribution in [2.75, 3.05) is 0 Å². The molecule has 1 aromatic carbocycles. The van der Waals surface area contributed by atoms with E-state index < -0.39 is 0 Å². The number of imide groups is 1. The summed E-state index contributed by atoms with van der Waals surface area (Å²) in [6.45, 7) is 0.574. The molecule has 1 aliphatic carbocycles. The molecular weight excluding hydrogens is 382 g/mol. The van der Waals surface area contributed by atoms with Crippen molar-refractivity contribution >= 4 is 17.7 Å². The molecule has 2 fully saturated rings. The number of rotatable bonds is 7. The van der Waals surface area contributed by atoms with Gasteiger partial charge in [0, 0.05) is 36.7 Å². The molecule has 1 N–H and O–H groups in total. The smallest absolute Gasteiger partial charge is 0.251 e. The summed E-state index contributed by atoms with van der Waals surface area (Å²) in [5, 5.41) is 2.91. The molecule has 7 nitrogen and oxygen atoms in total. The molecule has 0 bridgehead atoms. The highest BCUT2D eigenvalue weighted by atomic mass is 16.5. The average Bonchev–Trinajstić information content (AvgIpc) is 3.39. The zero-order chi connectivity index (χ0) is 20.9. The Labute approximate surface area is 175 Å². The number of carbonyl (C=O) groups excluding carboxylic acids is 3. The van der Waals surface area contributed by atoms with Gasteiger partial charge in [0.15, 0.2) is 0 Å². The molecule has 1 saturated carbocycles. The Morgan fingerprint density at radius 3 is 2.47 bits per heavy atom. The number of hydrogen-bond donors (Lipinski definition) is 1. The van der Waals surface area contributed by atoms with Crippen LogP contribution in [0.2, 0.25) is 0 Å². The lowest BCUT2D eigenvalue weighted by Gasteiger charge is -2.16. The summed E-state index contributed by atoms with van der Waals surface area (Å²) in [7, 11) is 0. The second-order valence-corrected chi connectivity index (χ2v) is 7.75. The lowest BCUT2D eigenvalue weighted by atomic mass is 10.1. The predicted octanol–water partition coefficient (Wildman–Crippen LogP) is 2.98. The number of carbonyl (C=O) groups is 3. The monoisotopic (exact) mass is 407 g/mol. The molecule has 0 radical (unpaired) electrons. The van der Waals surface area contributed by atoms with Gasteiger partial charge >= 0.3 is 0 Å². The average molecular weight is 407 g/mol. The van der Waals surface area contributed by atoms with Gasteiger partial charge in [-0.05, 0) is 49.4 Å². The number of nitrogens with zero attached hydrogens (tertiary/aromatic N) is 2. The third-order valence-corrected chi connectivity index (χ3v) is 5.58.